The van der Waals surface area contributed by atoms with Gasteiger partial charge in [0.1, 0.15) is 0 Å². The zero-order chi connectivity index (χ0) is 11.4. The molecule has 3 heteroatoms. The van der Waals surface area contributed by atoms with Gasteiger partial charge in [-0.25, -0.2) is 0 Å². The zero-order valence-corrected chi connectivity index (χ0v) is 9.36. The topological polar surface area (TPSA) is 55.1 Å². The van der Waals surface area contributed by atoms with Crippen molar-refractivity contribution in [1.29, 1.82) is 0 Å². The van der Waals surface area contributed by atoms with E-state index in [9.17, 15) is 4.79 Å². The van der Waals surface area contributed by atoms with Gasteiger partial charge in [0.05, 0.1) is 0 Å². The summed E-state index contributed by atoms with van der Waals surface area (Å²) in [5.41, 5.74) is 6.59. The molecule has 1 aromatic rings. The number of amides is 1. The molecule has 0 unspecified atom stereocenters. The Hall–Kier alpha value is -1.35. The van der Waals surface area contributed by atoms with Crippen LogP contribution in [0.5, 0.6) is 0 Å². The smallest absolute Gasteiger partial charge is 0.217 e. The molecule has 2 atom stereocenters. The first-order valence-corrected chi connectivity index (χ1v) is 5.79. The number of carbonyl (C=O) groups is 1. The van der Waals surface area contributed by atoms with Crippen molar-refractivity contribution < 1.29 is 4.79 Å². The Balaban J connectivity index is 1.99. The average molecular weight is 218 g/mol. The number of hydrogen-bond donors (Lipinski definition) is 2. The van der Waals surface area contributed by atoms with Crippen LogP contribution in [0.2, 0.25) is 0 Å². The quantitative estimate of drug-likeness (QED) is 0.802. The summed E-state index contributed by atoms with van der Waals surface area (Å²) in [5.74, 6) is 0.705. The molecule has 0 aliphatic carbocycles. The number of piperidine rings is 1. The van der Waals surface area contributed by atoms with Crippen LogP contribution < -0.4 is 11.1 Å². The molecular formula is C13H18N2O. The van der Waals surface area contributed by atoms with Crippen molar-refractivity contribution in [1.82, 2.24) is 5.32 Å². The number of primary amides is 1. The first kappa shape index (κ1) is 11.1. The highest BCUT2D eigenvalue weighted by molar-refractivity contribution is 5.74. The first-order chi connectivity index (χ1) is 7.75. The Kier molecular flexibility index (Phi) is 3.57. The van der Waals surface area contributed by atoms with Crippen molar-refractivity contribution in [3.05, 3.63) is 35.9 Å². The molecule has 1 aromatic carbocycles. The minimum absolute atomic E-state index is 0.194. The second kappa shape index (κ2) is 5.12. The highest BCUT2D eigenvalue weighted by Gasteiger charge is 2.23. The van der Waals surface area contributed by atoms with E-state index >= 15 is 0 Å². The van der Waals surface area contributed by atoms with E-state index in [0.717, 1.165) is 19.5 Å². The molecule has 1 amide bonds. The van der Waals surface area contributed by atoms with Gasteiger partial charge in [-0.2, -0.15) is 0 Å². The highest BCUT2D eigenvalue weighted by Crippen LogP contribution is 2.27. The number of hydrogen-bond acceptors (Lipinski definition) is 2. The van der Waals surface area contributed by atoms with Gasteiger partial charge in [-0.15, -0.1) is 0 Å². The van der Waals surface area contributed by atoms with Crippen LogP contribution in [0.25, 0.3) is 0 Å². The number of carbonyl (C=O) groups excluding carboxylic acids is 1. The van der Waals surface area contributed by atoms with Crippen molar-refractivity contribution in [2.45, 2.75) is 18.8 Å². The second-order valence-electron chi connectivity index (χ2n) is 4.54. The molecule has 1 fully saturated rings. The monoisotopic (exact) mass is 218 g/mol. The fourth-order valence-corrected chi connectivity index (χ4v) is 2.45. The predicted molar refractivity (Wildman–Crippen MR) is 64.0 cm³/mol. The molecule has 0 spiro atoms. The molecule has 0 bridgehead atoms. The van der Waals surface area contributed by atoms with Crippen molar-refractivity contribution in [2.24, 2.45) is 11.7 Å². The number of rotatable bonds is 3. The van der Waals surface area contributed by atoms with Crippen LogP contribution in [0, 0.1) is 5.92 Å². The number of benzene rings is 1. The summed E-state index contributed by atoms with van der Waals surface area (Å²) < 4.78 is 0. The Morgan fingerprint density at radius 3 is 2.75 bits per heavy atom. The molecule has 1 saturated heterocycles. The van der Waals surface area contributed by atoms with Gasteiger partial charge < -0.3 is 11.1 Å². The second-order valence-corrected chi connectivity index (χ2v) is 4.54. The molecule has 1 aliphatic heterocycles. The summed E-state index contributed by atoms with van der Waals surface area (Å²) in [5, 5.41) is 3.38. The van der Waals surface area contributed by atoms with Crippen molar-refractivity contribution in [3.63, 3.8) is 0 Å². The third kappa shape index (κ3) is 2.83. The van der Waals surface area contributed by atoms with Crippen LogP contribution in [0.15, 0.2) is 30.3 Å². The largest absolute Gasteiger partial charge is 0.370 e. The molecular weight excluding hydrogens is 200 g/mol. The van der Waals surface area contributed by atoms with Crippen LogP contribution in [0.1, 0.15) is 24.3 Å². The van der Waals surface area contributed by atoms with Gasteiger partial charge in [-0.05, 0) is 30.4 Å². The van der Waals surface area contributed by atoms with Gasteiger partial charge in [0.2, 0.25) is 5.91 Å². The van der Waals surface area contributed by atoms with Gasteiger partial charge in [0.25, 0.3) is 0 Å². The molecule has 3 N–H and O–H groups in total. The van der Waals surface area contributed by atoms with Crippen molar-refractivity contribution >= 4 is 5.91 Å². The lowest BCUT2D eigenvalue weighted by atomic mass is 9.84. The Morgan fingerprint density at radius 2 is 2.06 bits per heavy atom. The third-order valence-corrected chi connectivity index (χ3v) is 3.20. The van der Waals surface area contributed by atoms with Crippen molar-refractivity contribution in [2.75, 3.05) is 13.1 Å². The Labute approximate surface area is 96.0 Å². The molecule has 1 aliphatic rings. The van der Waals surface area contributed by atoms with Crippen LogP contribution in [0.4, 0.5) is 0 Å². The van der Waals surface area contributed by atoms with E-state index in [4.69, 9.17) is 5.73 Å². The van der Waals surface area contributed by atoms with Gasteiger partial charge in [-0.1, -0.05) is 30.3 Å². The van der Waals surface area contributed by atoms with Crippen LogP contribution in [0.3, 0.4) is 0 Å². The summed E-state index contributed by atoms with van der Waals surface area (Å²) in [6.07, 6.45) is 1.55. The normalized spacial score (nSPS) is 25.2. The van der Waals surface area contributed by atoms with E-state index in [0.29, 0.717) is 18.3 Å². The summed E-state index contributed by atoms with van der Waals surface area (Å²) in [6, 6.07) is 10.5. The summed E-state index contributed by atoms with van der Waals surface area (Å²) in [7, 11) is 0. The minimum atomic E-state index is -0.194. The lowest BCUT2D eigenvalue weighted by Gasteiger charge is -2.29. The Bertz CT molecular complexity index is 350. The lowest BCUT2D eigenvalue weighted by molar-refractivity contribution is -0.119. The third-order valence-electron chi connectivity index (χ3n) is 3.20. The summed E-state index contributed by atoms with van der Waals surface area (Å²) in [6.45, 7) is 1.91. The number of nitrogens with one attached hydrogen (secondary N) is 1. The van der Waals surface area contributed by atoms with E-state index in [1.165, 1.54) is 5.56 Å². The van der Waals surface area contributed by atoms with Crippen LogP contribution in [-0.2, 0) is 4.79 Å². The molecule has 0 saturated carbocycles. The van der Waals surface area contributed by atoms with Crippen molar-refractivity contribution in [3.8, 4) is 0 Å². The summed E-state index contributed by atoms with van der Waals surface area (Å²) in [4.78, 5) is 10.9. The average Bonchev–Trinajstić information content (AvgIpc) is 2.30. The van der Waals surface area contributed by atoms with Gasteiger partial charge in [-0.3, -0.25) is 4.79 Å². The maximum absolute atomic E-state index is 10.9. The van der Waals surface area contributed by atoms with Crippen LogP contribution >= 0.6 is 0 Å². The molecule has 86 valence electrons. The van der Waals surface area contributed by atoms with E-state index in [1.807, 2.05) is 6.07 Å². The number of nitrogens with two attached hydrogens (primary N) is 1. The van der Waals surface area contributed by atoms with E-state index in [2.05, 4.69) is 29.6 Å². The van der Waals surface area contributed by atoms with Gasteiger partial charge in [0, 0.05) is 13.0 Å². The Morgan fingerprint density at radius 1 is 1.31 bits per heavy atom. The molecule has 0 aromatic heterocycles. The van der Waals surface area contributed by atoms with E-state index < -0.39 is 0 Å². The molecule has 16 heavy (non-hydrogen) atoms. The van der Waals surface area contributed by atoms with E-state index in [-0.39, 0.29) is 5.91 Å². The molecule has 2 rings (SSSR count). The SMILES string of the molecule is NC(=O)C[C@@H]1CNC[C@H](c2ccccc2)C1. The van der Waals surface area contributed by atoms with Crippen LogP contribution in [-0.4, -0.2) is 19.0 Å². The fraction of sp³-hybridized carbons (Fsp3) is 0.462. The van der Waals surface area contributed by atoms with E-state index in [1.54, 1.807) is 0 Å². The predicted octanol–water partition coefficient (Wildman–Crippen LogP) is 1.26. The summed E-state index contributed by atoms with van der Waals surface area (Å²) >= 11 is 0. The highest BCUT2D eigenvalue weighted by atomic mass is 16.1. The maximum Gasteiger partial charge on any atom is 0.217 e. The maximum atomic E-state index is 10.9. The van der Waals surface area contributed by atoms with Gasteiger partial charge >= 0.3 is 0 Å². The first-order valence-electron chi connectivity index (χ1n) is 5.79. The van der Waals surface area contributed by atoms with Gasteiger partial charge in [0.15, 0.2) is 0 Å². The molecule has 1 heterocycles. The standard InChI is InChI=1S/C13H18N2O/c14-13(16)7-10-6-12(9-15-8-10)11-4-2-1-3-5-11/h1-5,10,12,15H,6-9H2,(H2,14,16)/t10-,12-/m1/s1. The fourth-order valence-electron chi connectivity index (χ4n) is 2.45. The minimum Gasteiger partial charge on any atom is -0.370 e. The molecule has 0 radical (unpaired) electrons. The lowest BCUT2D eigenvalue weighted by Crippen LogP contribution is -2.36. The zero-order valence-electron chi connectivity index (χ0n) is 9.36. The molecule has 3 nitrogen and oxygen atoms in total.